The molecule has 1 aromatic heterocycles. The fourth-order valence-corrected chi connectivity index (χ4v) is 1.35. The van der Waals surface area contributed by atoms with Gasteiger partial charge in [-0.1, -0.05) is 6.92 Å². The van der Waals surface area contributed by atoms with Gasteiger partial charge >= 0.3 is 6.01 Å². The number of nitrogens with one attached hydrogen (secondary N) is 2. The van der Waals surface area contributed by atoms with Crippen molar-refractivity contribution in [2.24, 2.45) is 0 Å². The quantitative estimate of drug-likeness (QED) is 0.506. The highest BCUT2D eigenvalue weighted by Crippen LogP contribution is 2.11. The summed E-state index contributed by atoms with van der Waals surface area (Å²) in [6.07, 6.45) is 0.980. The summed E-state index contributed by atoms with van der Waals surface area (Å²) in [5, 5.41) is 14.7. The minimum absolute atomic E-state index is 0.0192. The van der Waals surface area contributed by atoms with Crippen LogP contribution in [-0.4, -0.2) is 59.6 Å². The fourth-order valence-electron chi connectivity index (χ4n) is 1.35. The Morgan fingerprint density at radius 3 is 2.30 bits per heavy atom. The van der Waals surface area contributed by atoms with Crippen molar-refractivity contribution in [3.05, 3.63) is 0 Å². The molecule has 0 unspecified atom stereocenters. The van der Waals surface area contributed by atoms with Crippen molar-refractivity contribution >= 4 is 11.9 Å². The average molecular weight is 285 g/mol. The smallest absolute Gasteiger partial charge is 0.323 e. The molecular weight excluding hydrogens is 262 g/mol. The van der Waals surface area contributed by atoms with Gasteiger partial charge in [-0.2, -0.15) is 15.0 Å². The molecular formula is C12H23N5O3. The van der Waals surface area contributed by atoms with Crippen LogP contribution < -0.4 is 15.4 Å². The van der Waals surface area contributed by atoms with Gasteiger partial charge in [0.05, 0.1) is 26.4 Å². The van der Waals surface area contributed by atoms with E-state index >= 15 is 0 Å². The summed E-state index contributed by atoms with van der Waals surface area (Å²) in [6, 6.07) is 0.292. The number of aliphatic hydroxyl groups is 1. The largest absolute Gasteiger partial charge is 0.464 e. The summed E-state index contributed by atoms with van der Waals surface area (Å²) in [7, 11) is 0. The van der Waals surface area contributed by atoms with E-state index in [2.05, 4.69) is 32.5 Å². The van der Waals surface area contributed by atoms with Crippen LogP contribution in [0.15, 0.2) is 0 Å². The van der Waals surface area contributed by atoms with Crippen molar-refractivity contribution in [1.29, 1.82) is 0 Å². The van der Waals surface area contributed by atoms with E-state index in [9.17, 15) is 0 Å². The zero-order valence-corrected chi connectivity index (χ0v) is 12.1. The molecule has 20 heavy (non-hydrogen) atoms. The molecule has 0 aliphatic rings. The van der Waals surface area contributed by atoms with Gasteiger partial charge in [0.25, 0.3) is 0 Å². The lowest BCUT2D eigenvalue weighted by atomic mass is 10.5. The highest BCUT2D eigenvalue weighted by Gasteiger charge is 2.06. The minimum atomic E-state index is 0.0192. The first-order valence-corrected chi connectivity index (χ1v) is 6.85. The van der Waals surface area contributed by atoms with Crippen molar-refractivity contribution in [2.75, 3.05) is 50.2 Å². The molecule has 1 aromatic rings. The van der Waals surface area contributed by atoms with Crippen LogP contribution in [-0.2, 0) is 4.74 Å². The summed E-state index contributed by atoms with van der Waals surface area (Å²) < 4.78 is 10.5. The molecule has 3 N–H and O–H groups in total. The van der Waals surface area contributed by atoms with Gasteiger partial charge < -0.3 is 25.2 Å². The predicted molar refractivity (Wildman–Crippen MR) is 76.2 cm³/mol. The van der Waals surface area contributed by atoms with Crippen LogP contribution in [0.5, 0.6) is 6.01 Å². The fraction of sp³-hybridized carbons (Fsp3) is 0.750. The second-order valence-electron chi connectivity index (χ2n) is 3.89. The van der Waals surface area contributed by atoms with Gasteiger partial charge in [-0.25, -0.2) is 0 Å². The molecule has 0 saturated carbocycles. The molecule has 0 fully saturated rings. The third kappa shape index (κ3) is 6.48. The molecule has 0 aliphatic heterocycles. The molecule has 1 rings (SSSR count). The van der Waals surface area contributed by atoms with E-state index in [1.807, 2.05) is 6.92 Å². The van der Waals surface area contributed by atoms with Crippen LogP contribution in [0.4, 0.5) is 11.9 Å². The number of rotatable bonds is 11. The van der Waals surface area contributed by atoms with Crippen LogP contribution >= 0.6 is 0 Å². The second-order valence-corrected chi connectivity index (χ2v) is 3.89. The minimum Gasteiger partial charge on any atom is -0.464 e. The molecule has 8 nitrogen and oxygen atoms in total. The van der Waals surface area contributed by atoms with Crippen molar-refractivity contribution in [3.8, 4) is 6.01 Å². The summed E-state index contributed by atoms with van der Waals surface area (Å²) >= 11 is 0. The summed E-state index contributed by atoms with van der Waals surface area (Å²) in [5.41, 5.74) is 0. The molecule has 0 aromatic carbocycles. The molecule has 0 saturated heterocycles. The standard InChI is InChI=1S/C12H23N5O3/c1-3-5-13-10-15-11(14-6-8-19-9-7-18)17-12(16-10)20-4-2/h18H,3-9H2,1-2H3,(H2,13,14,15,16,17). The Bertz CT molecular complexity index is 378. The third-order valence-corrected chi connectivity index (χ3v) is 2.19. The van der Waals surface area contributed by atoms with Crippen LogP contribution in [0.25, 0.3) is 0 Å². The molecule has 0 atom stereocenters. The number of aromatic nitrogens is 3. The molecule has 8 heteroatoms. The summed E-state index contributed by atoms with van der Waals surface area (Å²) in [6.45, 7) is 6.58. The van der Waals surface area contributed by atoms with Gasteiger partial charge in [0.1, 0.15) is 0 Å². The number of aliphatic hydroxyl groups excluding tert-OH is 1. The first-order chi connectivity index (χ1) is 9.80. The molecule has 0 bridgehead atoms. The molecule has 0 amide bonds. The van der Waals surface area contributed by atoms with E-state index in [1.165, 1.54) is 0 Å². The van der Waals surface area contributed by atoms with Crippen molar-refractivity contribution < 1.29 is 14.6 Å². The molecule has 0 radical (unpaired) electrons. The highest BCUT2D eigenvalue weighted by atomic mass is 16.5. The third-order valence-electron chi connectivity index (χ3n) is 2.19. The van der Waals surface area contributed by atoms with Crippen molar-refractivity contribution in [1.82, 2.24) is 15.0 Å². The molecule has 114 valence electrons. The highest BCUT2D eigenvalue weighted by molar-refractivity contribution is 5.35. The zero-order valence-electron chi connectivity index (χ0n) is 12.1. The first-order valence-electron chi connectivity index (χ1n) is 6.85. The maximum atomic E-state index is 8.59. The van der Waals surface area contributed by atoms with Gasteiger partial charge in [0.15, 0.2) is 0 Å². The maximum absolute atomic E-state index is 8.59. The predicted octanol–water partition coefficient (Wildman–Crippen LogP) is 0.513. The molecule has 0 aliphatic carbocycles. The van der Waals surface area contributed by atoms with E-state index in [0.29, 0.717) is 44.3 Å². The van der Waals surface area contributed by atoms with Crippen LogP contribution in [0.2, 0.25) is 0 Å². The van der Waals surface area contributed by atoms with Crippen molar-refractivity contribution in [2.45, 2.75) is 20.3 Å². The van der Waals surface area contributed by atoms with Crippen molar-refractivity contribution in [3.63, 3.8) is 0 Å². The van der Waals surface area contributed by atoms with Gasteiger partial charge in [-0.3, -0.25) is 0 Å². The van der Waals surface area contributed by atoms with Gasteiger partial charge in [0, 0.05) is 13.1 Å². The number of nitrogens with zero attached hydrogens (tertiary/aromatic N) is 3. The molecule has 0 spiro atoms. The number of ether oxygens (including phenoxy) is 2. The number of anilines is 2. The zero-order chi connectivity index (χ0) is 14.6. The van der Waals surface area contributed by atoms with Gasteiger partial charge in [0.2, 0.25) is 11.9 Å². The Morgan fingerprint density at radius 1 is 1.00 bits per heavy atom. The second kappa shape index (κ2) is 10.2. The van der Waals surface area contributed by atoms with Gasteiger partial charge in [-0.15, -0.1) is 0 Å². The Balaban J connectivity index is 2.55. The average Bonchev–Trinajstić information content (AvgIpc) is 2.45. The summed E-state index contributed by atoms with van der Waals surface area (Å²) in [4.78, 5) is 12.5. The monoisotopic (exact) mass is 285 g/mol. The Hall–Kier alpha value is -1.67. The lowest BCUT2D eigenvalue weighted by Gasteiger charge is -2.09. The maximum Gasteiger partial charge on any atom is 0.323 e. The lowest BCUT2D eigenvalue weighted by Crippen LogP contribution is -2.15. The number of hydrogen-bond acceptors (Lipinski definition) is 8. The van der Waals surface area contributed by atoms with E-state index in [1.54, 1.807) is 0 Å². The van der Waals surface area contributed by atoms with E-state index in [4.69, 9.17) is 14.6 Å². The van der Waals surface area contributed by atoms with E-state index < -0.39 is 0 Å². The normalized spacial score (nSPS) is 10.3. The SMILES string of the molecule is CCCNc1nc(NCCOCCO)nc(OCC)n1. The van der Waals surface area contributed by atoms with Crippen LogP contribution in [0.3, 0.4) is 0 Å². The topological polar surface area (TPSA) is 101 Å². The van der Waals surface area contributed by atoms with Gasteiger partial charge in [-0.05, 0) is 13.3 Å². The number of hydrogen-bond donors (Lipinski definition) is 3. The van der Waals surface area contributed by atoms with E-state index in [0.717, 1.165) is 13.0 Å². The molecule has 1 heterocycles. The Kier molecular flexibility index (Phi) is 8.32. The van der Waals surface area contributed by atoms with E-state index in [-0.39, 0.29) is 6.61 Å². The summed E-state index contributed by atoms with van der Waals surface area (Å²) in [5.74, 6) is 0.929. The lowest BCUT2D eigenvalue weighted by molar-refractivity contribution is 0.0991. The Morgan fingerprint density at radius 2 is 1.70 bits per heavy atom. The van der Waals surface area contributed by atoms with Crippen LogP contribution in [0, 0.1) is 0 Å². The van der Waals surface area contributed by atoms with Crippen LogP contribution in [0.1, 0.15) is 20.3 Å². The first kappa shape index (κ1) is 16.4. The Labute approximate surface area is 118 Å².